The summed E-state index contributed by atoms with van der Waals surface area (Å²) in [6.07, 6.45) is 43.7. The van der Waals surface area contributed by atoms with Crippen LogP contribution < -0.4 is 9.47 Å². The van der Waals surface area contributed by atoms with E-state index < -0.39 is 0 Å². The summed E-state index contributed by atoms with van der Waals surface area (Å²) in [5.74, 6) is 1.99. The summed E-state index contributed by atoms with van der Waals surface area (Å²) in [5.41, 5.74) is -0.382. The first-order chi connectivity index (χ1) is 22.2. The van der Waals surface area contributed by atoms with Crippen LogP contribution in [0, 0.1) is 0 Å². The number of thiophene rings is 1. The maximum atomic E-state index is 6.98. The average molecular weight is 647 g/mol. The van der Waals surface area contributed by atoms with E-state index in [1.807, 2.05) is 0 Å². The van der Waals surface area contributed by atoms with E-state index >= 15 is 0 Å². The summed E-state index contributed by atoms with van der Waals surface area (Å²) >= 11 is 1.72. The lowest BCUT2D eigenvalue weighted by Crippen LogP contribution is -2.62. The third-order valence-corrected chi connectivity index (χ3v) is 11.7. The Morgan fingerprint density at radius 1 is 0.378 bits per heavy atom. The molecule has 264 valence electrons. The maximum Gasteiger partial charge on any atom is 0.172 e. The van der Waals surface area contributed by atoms with Crippen LogP contribution in [0.5, 0.6) is 11.5 Å². The predicted octanol–water partition coefficient (Wildman–Crippen LogP) is 15.6. The van der Waals surface area contributed by atoms with Gasteiger partial charge in [-0.2, -0.15) is 0 Å². The van der Waals surface area contributed by atoms with Crippen molar-refractivity contribution in [3.63, 3.8) is 0 Å². The third kappa shape index (κ3) is 15.8. The third-order valence-electron chi connectivity index (χ3n) is 11.0. The summed E-state index contributed by atoms with van der Waals surface area (Å²) in [5, 5.41) is 4.33. The highest BCUT2D eigenvalue weighted by Gasteiger charge is 2.55. The number of fused-ring (bicyclic) bond motifs is 1. The minimum absolute atomic E-state index is 0.191. The first-order valence-corrected chi connectivity index (χ1v) is 21.6. The van der Waals surface area contributed by atoms with Crippen LogP contribution in [0.4, 0.5) is 0 Å². The number of unbranched alkanes of at least 4 members (excludes halogenated alkanes) is 26. The van der Waals surface area contributed by atoms with Gasteiger partial charge in [0.05, 0.1) is 0 Å². The lowest BCUT2D eigenvalue weighted by Gasteiger charge is -2.52. The minimum atomic E-state index is -0.191. The van der Waals surface area contributed by atoms with Crippen LogP contribution in [-0.4, -0.2) is 11.2 Å². The van der Waals surface area contributed by atoms with Crippen molar-refractivity contribution in [2.24, 2.45) is 0 Å². The van der Waals surface area contributed by atoms with Gasteiger partial charge in [-0.05, 0) is 38.5 Å². The first-order valence-electron chi connectivity index (χ1n) is 20.6. The van der Waals surface area contributed by atoms with E-state index in [-0.39, 0.29) is 11.2 Å². The summed E-state index contributed by atoms with van der Waals surface area (Å²) in [4.78, 5) is 0. The Morgan fingerprint density at radius 2 is 0.622 bits per heavy atom. The lowest BCUT2D eigenvalue weighted by atomic mass is 9.71. The van der Waals surface area contributed by atoms with Gasteiger partial charge in [-0.15, -0.1) is 11.3 Å². The van der Waals surface area contributed by atoms with Crippen LogP contribution in [0.25, 0.3) is 0 Å². The normalized spacial score (nSPS) is 19.4. The quantitative estimate of drug-likeness (QED) is 0.0725. The Hall–Kier alpha value is -0.700. The average Bonchev–Trinajstić information content (AvgIpc) is 3.51. The van der Waals surface area contributed by atoms with E-state index in [0.29, 0.717) is 0 Å². The molecule has 0 N–H and O–H groups in total. The van der Waals surface area contributed by atoms with Crippen LogP contribution >= 0.6 is 11.3 Å². The molecule has 2 heterocycles. The zero-order valence-corrected chi connectivity index (χ0v) is 31.8. The lowest BCUT2D eigenvalue weighted by molar-refractivity contribution is -0.155. The van der Waals surface area contributed by atoms with E-state index in [0.717, 1.165) is 37.2 Å². The molecule has 3 heteroatoms. The van der Waals surface area contributed by atoms with Crippen LogP contribution in [0.15, 0.2) is 10.8 Å². The van der Waals surface area contributed by atoms with Gasteiger partial charge < -0.3 is 9.47 Å². The summed E-state index contributed by atoms with van der Waals surface area (Å²) in [7, 11) is 0. The highest BCUT2D eigenvalue weighted by atomic mass is 32.1. The summed E-state index contributed by atoms with van der Waals surface area (Å²) in [6.45, 7) is 9.31. The second-order valence-corrected chi connectivity index (χ2v) is 15.4. The molecular weight excluding hydrogens is 569 g/mol. The largest absolute Gasteiger partial charge is 0.478 e. The van der Waals surface area contributed by atoms with E-state index in [4.69, 9.17) is 9.47 Å². The van der Waals surface area contributed by atoms with Gasteiger partial charge in [-0.3, -0.25) is 0 Å². The van der Waals surface area contributed by atoms with Crippen molar-refractivity contribution in [1.82, 2.24) is 0 Å². The van der Waals surface area contributed by atoms with Crippen LogP contribution in [0.1, 0.15) is 233 Å². The molecule has 0 spiro atoms. The molecule has 0 bridgehead atoms. The second-order valence-electron chi connectivity index (χ2n) is 14.7. The van der Waals surface area contributed by atoms with Gasteiger partial charge in [0.1, 0.15) is 11.2 Å². The molecule has 2 unspecified atom stereocenters. The maximum absolute atomic E-state index is 6.98. The molecule has 0 aromatic carbocycles. The summed E-state index contributed by atoms with van der Waals surface area (Å²) < 4.78 is 14.0. The van der Waals surface area contributed by atoms with E-state index in [9.17, 15) is 0 Å². The van der Waals surface area contributed by atoms with Gasteiger partial charge in [-0.25, -0.2) is 0 Å². The van der Waals surface area contributed by atoms with E-state index in [2.05, 4.69) is 38.5 Å². The standard InChI is InChI=1S/C42H78O2S/c1-5-9-11-13-15-17-19-21-23-25-27-29-31-33-35-41(7-3)42(8-4,44-40-38-45-37-39(40)43-41)36-34-32-30-28-26-24-22-20-18-16-14-12-10-6-2/h37-38H,5-36H2,1-4H3. The molecule has 0 saturated carbocycles. The molecule has 1 aromatic heterocycles. The molecule has 0 radical (unpaired) electrons. The molecule has 0 aliphatic carbocycles. The molecule has 2 nitrogen and oxygen atoms in total. The predicted molar refractivity (Wildman–Crippen MR) is 201 cm³/mol. The second kappa shape index (κ2) is 26.3. The van der Waals surface area contributed by atoms with Gasteiger partial charge in [0.25, 0.3) is 0 Å². The summed E-state index contributed by atoms with van der Waals surface area (Å²) in [6, 6.07) is 0. The molecule has 1 aliphatic heterocycles. The van der Waals surface area contributed by atoms with Crippen LogP contribution in [0.2, 0.25) is 0 Å². The fourth-order valence-electron chi connectivity index (χ4n) is 7.94. The van der Waals surface area contributed by atoms with Crippen molar-refractivity contribution in [3.05, 3.63) is 10.8 Å². The Morgan fingerprint density at radius 3 is 0.867 bits per heavy atom. The van der Waals surface area contributed by atoms with E-state index in [1.54, 1.807) is 11.3 Å². The van der Waals surface area contributed by atoms with Crippen molar-refractivity contribution in [2.45, 2.75) is 244 Å². The van der Waals surface area contributed by atoms with Crippen molar-refractivity contribution in [2.75, 3.05) is 0 Å². The fraction of sp³-hybridized carbons (Fsp3) is 0.905. The minimum Gasteiger partial charge on any atom is -0.478 e. The van der Waals surface area contributed by atoms with Crippen molar-refractivity contribution in [3.8, 4) is 11.5 Å². The molecular formula is C42H78O2S. The number of hydrogen-bond donors (Lipinski definition) is 0. The highest BCUT2D eigenvalue weighted by Crippen LogP contribution is 2.52. The fourth-order valence-corrected chi connectivity index (χ4v) is 8.58. The van der Waals surface area contributed by atoms with Crippen LogP contribution in [0.3, 0.4) is 0 Å². The molecule has 0 fully saturated rings. The first kappa shape index (κ1) is 40.5. The zero-order valence-electron chi connectivity index (χ0n) is 31.0. The van der Waals surface area contributed by atoms with Gasteiger partial charge in [0, 0.05) is 10.8 Å². The SMILES string of the molecule is CCCCCCCCCCCCCCCCC1(CC)Oc2cscc2OC1(CC)CCCCCCCCCCCCCCCC. The molecule has 45 heavy (non-hydrogen) atoms. The van der Waals surface area contributed by atoms with Crippen molar-refractivity contribution in [1.29, 1.82) is 0 Å². The highest BCUT2D eigenvalue weighted by molar-refractivity contribution is 7.08. The number of ether oxygens (including phenoxy) is 2. The Bertz CT molecular complexity index is 727. The van der Waals surface area contributed by atoms with Gasteiger partial charge in [-0.1, -0.05) is 195 Å². The number of hydrogen-bond acceptors (Lipinski definition) is 3. The van der Waals surface area contributed by atoms with Crippen molar-refractivity contribution < 1.29 is 9.47 Å². The van der Waals surface area contributed by atoms with Gasteiger partial charge in [0.2, 0.25) is 0 Å². The topological polar surface area (TPSA) is 18.5 Å². The molecule has 0 amide bonds. The number of rotatable bonds is 32. The smallest absolute Gasteiger partial charge is 0.172 e. The molecule has 2 rings (SSSR count). The molecule has 2 atom stereocenters. The molecule has 0 saturated heterocycles. The van der Waals surface area contributed by atoms with Gasteiger partial charge in [0.15, 0.2) is 11.5 Å². The van der Waals surface area contributed by atoms with E-state index in [1.165, 1.54) is 180 Å². The Kier molecular flexibility index (Phi) is 23.6. The van der Waals surface area contributed by atoms with Crippen molar-refractivity contribution >= 4 is 11.3 Å². The Balaban J connectivity index is 1.66. The Labute approximate surface area is 286 Å². The zero-order chi connectivity index (χ0) is 32.3. The molecule has 1 aromatic rings. The monoisotopic (exact) mass is 647 g/mol. The van der Waals surface area contributed by atoms with Gasteiger partial charge >= 0.3 is 0 Å². The van der Waals surface area contributed by atoms with Crippen LogP contribution in [-0.2, 0) is 0 Å². The molecule has 1 aliphatic rings.